The highest BCUT2D eigenvalue weighted by Gasteiger charge is 2.93. The molecule has 0 bridgehead atoms. The lowest BCUT2D eigenvalue weighted by Crippen LogP contribution is -2.83. The molecule has 222 valence electrons. The van der Waals surface area contributed by atoms with Gasteiger partial charge in [-0.2, -0.15) is 13.2 Å². The Balaban J connectivity index is 2.19. The molecular weight excluding hydrogens is 563 g/mol. The minimum Gasteiger partial charge on any atom is -0.468 e. The van der Waals surface area contributed by atoms with E-state index in [0.29, 0.717) is 0 Å². The van der Waals surface area contributed by atoms with Crippen LogP contribution in [0.2, 0.25) is 0 Å². The summed E-state index contributed by atoms with van der Waals surface area (Å²) in [5.74, 6) is -1.39. The van der Waals surface area contributed by atoms with E-state index in [1.54, 1.807) is 24.3 Å². The first-order chi connectivity index (χ1) is 20.6. The number of carbonyl (C=O) groups is 1. The Morgan fingerprint density at radius 2 is 1.16 bits per heavy atom. The number of benzene rings is 4. The largest absolute Gasteiger partial charge is 0.468 e. The van der Waals surface area contributed by atoms with E-state index in [0.717, 1.165) is 26.4 Å². The van der Waals surface area contributed by atoms with Gasteiger partial charge < -0.3 is 14.2 Å². The maximum atomic E-state index is 16.8. The van der Waals surface area contributed by atoms with Crippen LogP contribution < -0.4 is 0 Å². The van der Waals surface area contributed by atoms with E-state index in [9.17, 15) is 14.9 Å². The number of methoxy groups -OCH3 is 2. The second-order valence-electron chi connectivity index (χ2n) is 10.2. The first kappa shape index (κ1) is 29.9. The third-order valence-corrected chi connectivity index (χ3v) is 8.50. The van der Waals surface area contributed by atoms with Crippen LogP contribution >= 0.6 is 0 Å². The van der Waals surface area contributed by atoms with Crippen molar-refractivity contribution in [3.05, 3.63) is 154 Å². The number of nitrogens with zero attached hydrogens (tertiary/aromatic N) is 1. The number of rotatable bonds is 7. The predicted octanol–water partition coefficient (Wildman–Crippen LogP) is 6.30. The van der Waals surface area contributed by atoms with Gasteiger partial charge in [0.25, 0.3) is 0 Å². The summed E-state index contributed by atoms with van der Waals surface area (Å²) in [5.41, 5.74) is -13.6. The van der Waals surface area contributed by atoms with Gasteiger partial charge >= 0.3 is 17.9 Å². The van der Waals surface area contributed by atoms with Crippen LogP contribution in [0.3, 0.4) is 0 Å². The fraction of sp³-hybridized carbons (Fsp3) is 0.242. The molecule has 1 heterocycles. The van der Waals surface area contributed by atoms with Crippen molar-refractivity contribution in [1.82, 2.24) is 0 Å². The van der Waals surface area contributed by atoms with Crippen molar-refractivity contribution in [2.45, 2.75) is 28.3 Å². The molecule has 10 heteroatoms. The Bertz CT molecular complexity index is 1590. The van der Waals surface area contributed by atoms with E-state index in [-0.39, 0.29) is 11.1 Å². The number of carbonyl (C=O) groups excluding carboxylic acids is 1. The molecule has 0 radical (unpaired) electrons. The van der Waals surface area contributed by atoms with E-state index in [4.69, 9.17) is 14.2 Å². The minimum absolute atomic E-state index is 0.126. The second-order valence-corrected chi connectivity index (χ2v) is 10.2. The molecule has 7 nitrogen and oxygen atoms in total. The Kier molecular flexibility index (Phi) is 7.62. The number of halogens is 3. The predicted molar refractivity (Wildman–Crippen MR) is 151 cm³/mol. The number of hydrogen-bond donors (Lipinski definition) is 0. The standard InChI is InChI=1S/C33H28F3NO6/c1-41-28(38)30(25-17-9-4-10-18-25)29(42-2,24-15-7-3-8-16-24)23-43-32(37(39)40,27-21-13-6-14-22-27)31(30,33(34,35)36)26-19-11-5-12-20-26/h3-22H,23H2,1-2H3. The summed E-state index contributed by atoms with van der Waals surface area (Å²) in [6, 6.07) is 28.0. The minimum atomic E-state index is -5.56. The number of hydrogen-bond acceptors (Lipinski definition) is 6. The Morgan fingerprint density at radius 3 is 1.56 bits per heavy atom. The average Bonchev–Trinajstić information content (AvgIpc) is 3.04. The lowest BCUT2D eigenvalue weighted by atomic mass is 9.43. The van der Waals surface area contributed by atoms with Gasteiger partial charge in [0, 0.05) is 7.11 Å². The molecule has 4 aromatic carbocycles. The van der Waals surface area contributed by atoms with Gasteiger partial charge in [0.2, 0.25) is 5.41 Å². The third kappa shape index (κ3) is 3.79. The Labute approximate surface area is 246 Å². The smallest absolute Gasteiger partial charge is 0.410 e. The molecule has 4 unspecified atom stereocenters. The summed E-state index contributed by atoms with van der Waals surface area (Å²) >= 11 is 0. The lowest BCUT2D eigenvalue weighted by molar-refractivity contribution is -0.681. The van der Waals surface area contributed by atoms with Crippen molar-refractivity contribution < 1.29 is 37.1 Å². The van der Waals surface area contributed by atoms with Crippen molar-refractivity contribution in [3.8, 4) is 0 Å². The van der Waals surface area contributed by atoms with Crippen LogP contribution in [0, 0.1) is 10.1 Å². The van der Waals surface area contributed by atoms with Gasteiger partial charge in [0.1, 0.15) is 5.60 Å². The molecule has 0 N–H and O–H groups in total. The first-order valence-corrected chi connectivity index (χ1v) is 13.3. The first-order valence-electron chi connectivity index (χ1n) is 13.3. The molecule has 5 rings (SSSR count). The van der Waals surface area contributed by atoms with Gasteiger partial charge in [-0.25, -0.2) is 0 Å². The molecular formula is C33H28F3NO6. The zero-order valence-electron chi connectivity index (χ0n) is 23.3. The molecule has 43 heavy (non-hydrogen) atoms. The van der Waals surface area contributed by atoms with Gasteiger partial charge in [-0.05, 0) is 28.8 Å². The monoisotopic (exact) mass is 591 g/mol. The molecule has 0 aliphatic carbocycles. The van der Waals surface area contributed by atoms with Crippen molar-refractivity contribution in [2.75, 3.05) is 20.8 Å². The average molecular weight is 592 g/mol. The number of alkyl halides is 3. The maximum absolute atomic E-state index is 16.8. The van der Waals surface area contributed by atoms with Crippen LogP contribution in [-0.4, -0.2) is 37.9 Å². The van der Waals surface area contributed by atoms with Gasteiger partial charge in [-0.15, -0.1) is 0 Å². The SMILES string of the molecule is COC(=O)C1(c2ccccc2)C(OC)(c2ccccc2)COC(c2ccccc2)([N+](=O)[O-])C1(c1ccccc1)C(F)(F)F. The van der Waals surface area contributed by atoms with E-state index >= 15 is 13.2 Å². The number of esters is 1. The molecule has 0 spiro atoms. The van der Waals surface area contributed by atoms with Crippen molar-refractivity contribution in [2.24, 2.45) is 0 Å². The van der Waals surface area contributed by atoms with Crippen molar-refractivity contribution in [1.29, 1.82) is 0 Å². The summed E-state index contributed by atoms with van der Waals surface area (Å²) in [6.45, 7) is -0.821. The summed E-state index contributed by atoms with van der Waals surface area (Å²) in [6.07, 6.45) is -5.56. The highest BCUT2D eigenvalue weighted by Crippen LogP contribution is 2.72. The van der Waals surface area contributed by atoms with E-state index in [1.165, 1.54) is 84.9 Å². The topological polar surface area (TPSA) is 87.9 Å². The molecule has 0 saturated carbocycles. The second kappa shape index (κ2) is 10.9. The van der Waals surface area contributed by atoms with Crippen LogP contribution in [0.4, 0.5) is 13.2 Å². The van der Waals surface area contributed by atoms with Crippen LogP contribution in [0.15, 0.2) is 121 Å². The molecule has 4 atom stereocenters. The van der Waals surface area contributed by atoms with Gasteiger partial charge in [0.05, 0.1) is 24.2 Å². The van der Waals surface area contributed by atoms with Crippen molar-refractivity contribution in [3.63, 3.8) is 0 Å². The fourth-order valence-corrected chi connectivity index (χ4v) is 6.97. The zero-order chi connectivity index (χ0) is 30.9. The lowest BCUT2D eigenvalue weighted by Gasteiger charge is -2.63. The summed E-state index contributed by atoms with van der Waals surface area (Å²) < 4.78 is 68.0. The normalized spacial score (nSPS) is 27.3. The Hall–Kier alpha value is -4.54. The van der Waals surface area contributed by atoms with Gasteiger partial charge in [-0.1, -0.05) is 109 Å². The molecule has 1 saturated heterocycles. The molecule has 0 aromatic heterocycles. The van der Waals surface area contributed by atoms with Crippen LogP contribution in [0.5, 0.6) is 0 Å². The number of nitro groups is 1. The highest BCUT2D eigenvalue weighted by atomic mass is 19.4. The summed E-state index contributed by atoms with van der Waals surface area (Å²) in [7, 11) is 2.11. The molecule has 1 aliphatic heterocycles. The van der Waals surface area contributed by atoms with Crippen LogP contribution in [0.25, 0.3) is 0 Å². The van der Waals surface area contributed by atoms with Gasteiger partial charge in [0.15, 0.2) is 5.41 Å². The fourth-order valence-electron chi connectivity index (χ4n) is 6.97. The molecule has 0 amide bonds. The maximum Gasteiger partial charge on any atom is 0.410 e. The van der Waals surface area contributed by atoms with Gasteiger partial charge in [-0.3, -0.25) is 14.9 Å². The third-order valence-electron chi connectivity index (χ3n) is 8.50. The van der Waals surface area contributed by atoms with Crippen LogP contribution in [-0.2, 0) is 41.2 Å². The summed E-state index contributed by atoms with van der Waals surface area (Å²) in [5, 5.41) is 13.6. The highest BCUT2D eigenvalue weighted by molar-refractivity contribution is 5.90. The Morgan fingerprint density at radius 1 is 0.744 bits per heavy atom. The van der Waals surface area contributed by atoms with Crippen molar-refractivity contribution >= 4 is 5.97 Å². The molecule has 4 aromatic rings. The molecule has 1 aliphatic rings. The van der Waals surface area contributed by atoms with E-state index < -0.39 is 57.0 Å². The van der Waals surface area contributed by atoms with Crippen LogP contribution in [0.1, 0.15) is 22.3 Å². The molecule has 1 fully saturated rings. The summed E-state index contributed by atoms with van der Waals surface area (Å²) in [4.78, 5) is 27.2. The van der Waals surface area contributed by atoms with E-state index in [2.05, 4.69) is 0 Å². The quantitative estimate of drug-likeness (QED) is 0.142. The number of ether oxygens (including phenoxy) is 3. The van der Waals surface area contributed by atoms with E-state index in [1.807, 2.05) is 0 Å². The zero-order valence-corrected chi connectivity index (χ0v) is 23.3.